The van der Waals surface area contributed by atoms with Gasteiger partial charge in [0.1, 0.15) is 0 Å². The Morgan fingerprint density at radius 2 is 1.73 bits per heavy atom. The van der Waals surface area contributed by atoms with Crippen LogP contribution in [-0.4, -0.2) is 11.2 Å². The molecule has 1 heteroatoms. The standard InChI is InChI=1S/C10H20O/c1-7-5-6-8(9(7)11)10(2,3)4/h7-9,11H,5-6H2,1-4H3/t7-,8+,9+/m0/s1. The Balaban J connectivity index is 2.62. The molecule has 0 saturated heterocycles. The monoisotopic (exact) mass is 156 g/mol. The highest BCUT2D eigenvalue weighted by Crippen LogP contribution is 2.41. The number of hydrogen-bond donors (Lipinski definition) is 1. The normalized spacial score (nSPS) is 39.5. The SMILES string of the molecule is C[C@H]1CC[C@@H](C(C)(C)C)[C@@H]1O. The maximum absolute atomic E-state index is 9.79. The minimum atomic E-state index is -0.0602. The molecule has 66 valence electrons. The van der Waals surface area contributed by atoms with Crippen LogP contribution in [0.1, 0.15) is 40.5 Å². The molecule has 1 aliphatic rings. The van der Waals surface area contributed by atoms with Crippen molar-refractivity contribution in [2.75, 3.05) is 0 Å². The van der Waals surface area contributed by atoms with Crippen LogP contribution in [0.2, 0.25) is 0 Å². The largest absolute Gasteiger partial charge is 0.393 e. The molecule has 1 fully saturated rings. The van der Waals surface area contributed by atoms with Crippen molar-refractivity contribution in [2.24, 2.45) is 17.3 Å². The van der Waals surface area contributed by atoms with Gasteiger partial charge in [-0.1, -0.05) is 27.7 Å². The van der Waals surface area contributed by atoms with E-state index in [1.807, 2.05) is 0 Å². The highest BCUT2D eigenvalue weighted by Gasteiger charge is 2.38. The molecule has 0 aromatic rings. The lowest BCUT2D eigenvalue weighted by molar-refractivity contribution is 0.0448. The van der Waals surface area contributed by atoms with E-state index in [2.05, 4.69) is 27.7 Å². The van der Waals surface area contributed by atoms with E-state index in [9.17, 15) is 5.11 Å². The van der Waals surface area contributed by atoms with E-state index in [1.54, 1.807) is 0 Å². The minimum Gasteiger partial charge on any atom is -0.393 e. The summed E-state index contributed by atoms with van der Waals surface area (Å²) in [5.41, 5.74) is 0.282. The van der Waals surface area contributed by atoms with E-state index in [0.717, 1.165) is 0 Å². The number of aliphatic hydroxyl groups excluding tert-OH is 1. The maximum Gasteiger partial charge on any atom is 0.0598 e. The molecule has 1 N–H and O–H groups in total. The molecule has 0 heterocycles. The van der Waals surface area contributed by atoms with Gasteiger partial charge < -0.3 is 5.11 Å². The Morgan fingerprint density at radius 3 is 1.91 bits per heavy atom. The zero-order chi connectivity index (χ0) is 8.65. The van der Waals surface area contributed by atoms with Gasteiger partial charge in [-0.3, -0.25) is 0 Å². The summed E-state index contributed by atoms with van der Waals surface area (Å²) in [6, 6.07) is 0. The molecule has 11 heavy (non-hydrogen) atoms. The molecule has 0 aromatic carbocycles. The van der Waals surface area contributed by atoms with Crippen molar-refractivity contribution in [3.05, 3.63) is 0 Å². The van der Waals surface area contributed by atoms with Crippen LogP contribution >= 0.6 is 0 Å². The smallest absolute Gasteiger partial charge is 0.0598 e. The molecule has 0 unspecified atom stereocenters. The van der Waals surface area contributed by atoms with Gasteiger partial charge in [-0.2, -0.15) is 0 Å². The van der Waals surface area contributed by atoms with Crippen molar-refractivity contribution < 1.29 is 5.11 Å². The first kappa shape index (κ1) is 9.05. The second-order valence-corrected chi connectivity index (χ2v) is 5.02. The topological polar surface area (TPSA) is 20.2 Å². The number of rotatable bonds is 0. The fraction of sp³-hybridized carbons (Fsp3) is 1.00. The summed E-state index contributed by atoms with van der Waals surface area (Å²) in [5, 5.41) is 9.79. The quantitative estimate of drug-likeness (QED) is 0.571. The fourth-order valence-electron chi connectivity index (χ4n) is 2.13. The van der Waals surface area contributed by atoms with Crippen LogP contribution in [0.15, 0.2) is 0 Å². The molecule has 3 atom stereocenters. The molecule has 0 aromatic heterocycles. The average Bonchev–Trinajstić information content (AvgIpc) is 2.11. The molecule has 1 saturated carbocycles. The lowest BCUT2D eigenvalue weighted by Gasteiger charge is -2.30. The van der Waals surface area contributed by atoms with Crippen LogP contribution in [0, 0.1) is 17.3 Å². The molecule has 0 radical (unpaired) electrons. The third-order valence-corrected chi connectivity index (χ3v) is 3.04. The van der Waals surface area contributed by atoms with Gasteiger partial charge in [-0.05, 0) is 30.1 Å². The summed E-state index contributed by atoms with van der Waals surface area (Å²) < 4.78 is 0. The maximum atomic E-state index is 9.79. The van der Waals surface area contributed by atoms with E-state index in [4.69, 9.17) is 0 Å². The second-order valence-electron chi connectivity index (χ2n) is 5.02. The van der Waals surface area contributed by atoms with Crippen LogP contribution in [0.4, 0.5) is 0 Å². The van der Waals surface area contributed by atoms with Crippen molar-refractivity contribution in [1.29, 1.82) is 0 Å². The van der Waals surface area contributed by atoms with Gasteiger partial charge in [0.05, 0.1) is 6.10 Å². The molecule has 0 aliphatic heterocycles. The van der Waals surface area contributed by atoms with Gasteiger partial charge in [0.15, 0.2) is 0 Å². The minimum absolute atomic E-state index is 0.0602. The molecular formula is C10H20O. The molecule has 1 aliphatic carbocycles. The molecule has 0 bridgehead atoms. The first-order valence-electron chi connectivity index (χ1n) is 4.61. The zero-order valence-corrected chi connectivity index (χ0v) is 8.09. The molecular weight excluding hydrogens is 136 g/mol. The summed E-state index contributed by atoms with van der Waals surface area (Å²) in [4.78, 5) is 0. The van der Waals surface area contributed by atoms with E-state index >= 15 is 0 Å². The third kappa shape index (κ3) is 1.76. The molecule has 0 spiro atoms. The Bertz CT molecular complexity index is 134. The Hall–Kier alpha value is -0.0400. The van der Waals surface area contributed by atoms with E-state index < -0.39 is 0 Å². The van der Waals surface area contributed by atoms with E-state index in [1.165, 1.54) is 12.8 Å². The highest BCUT2D eigenvalue weighted by molar-refractivity contribution is 4.88. The zero-order valence-electron chi connectivity index (χ0n) is 8.09. The van der Waals surface area contributed by atoms with E-state index in [0.29, 0.717) is 11.8 Å². The molecule has 1 nitrogen and oxygen atoms in total. The predicted octanol–water partition coefficient (Wildman–Crippen LogP) is 2.44. The van der Waals surface area contributed by atoms with Gasteiger partial charge in [0.2, 0.25) is 0 Å². The van der Waals surface area contributed by atoms with Crippen LogP contribution in [0.5, 0.6) is 0 Å². The van der Waals surface area contributed by atoms with Gasteiger partial charge in [-0.25, -0.2) is 0 Å². The third-order valence-electron chi connectivity index (χ3n) is 3.04. The summed E-state index contributed by atoms with van der Waals surface area (Å²) >= 11 is 0. The Labute approximate surface area is 69.8 Å². The van der Waals surface area contributed by atoms with Crippen molar-refractivity contribution >= 4 is 0 Å². The summed E-state index contributed by atoms with van der Waals surface area (Å²) in [7, 11) is 0. The number of aliphatic hydroxyl groups is 1. The van der Waals surface area contributed by atoms with Gasteiger partial charge in [0.25, 0.3) is 0 Å². The van der Waals surface area contributed by atoms with Gasteiger partial charge in [-0.15, -0.1) is 0 Å². The van der Waals surface area contributed by atoms with Gasteiger partial charge in [0, 0.05) is 0 Å². The van der Waals surface area contributed by atoms with Crippen LogP contribution in [0.3, 0.4) is 0 Å². The Kier molecular flexibility index (Phi) is 2.29. The first-order chi connectivity index (χ1) is 4.93. The van der Waals surface area contributed by atoms with Crippen molar-refractivity contribution in [3.8, 4) is 0 Å². The summed E-state index contributed by atoms with van der Waals surface area (Å²) in [5.74, 6) is 1.02. The number of hydrogen-bond acceptors (Lipinski definition) is 1. The summed E-state index contributed by atoms with van der Waals surface area (Å²) in [6.45, 7) is 8.81. The lowest BCUT2D eigenvalue weighted by Crippen LogP contribution is -2.29. The second kappa shape index (κ2) is 2.78. The van der Waals surface area contributed by atoms with Crippen LogP contribution in [0.25, 0.3) is 0 Å². The highest BCUT2D eigenvalue weighted by atomic mass is 16.3. The fourth-order valence-corrected chi connectivity index (χ4v) is 2.13. The first-order valence-corrected chi connectivity index (χ1v) is 4.61. The molecule has 1 rings (SSSR count). The van der Waals surface area contributed by atoms with Crippen LogP contribution in [-0.2, 0) is 0 Å². The van der Waals surface area contributed by atoms with Crippen LogP contribution < -0.4 is 0 Å². The predicted molar refractivity (Wildman–Crippen MR) is 47.3 cm³/mol. The Morgan fingerprint density at radius 1 is 1.18 bits per heavy atom. The average molecular weight is 156 g/mol. The van der Waals surface area contributed by atoms with E-state index in [-0.39, 0.29) is 11.5 Å². The molecule has 0 amide bonds. The van der Waals surface area contributed by atoms with Gasteiger partial charge >= 0.3 is 0 Å². The lowest BCUT2D eigenvalue weighted by atomic mass is 9.78. The van der Waals surface area contributed by atoms with Crippen molar-refractivity contribution in [1.82, 2.24) is 0 Å². The summed E-state index contributed by atoms with van der Waals surface area (Å²) in [6.07, 6.45) is 2.34. The van der Waals surface area contributed by atoms with Crippen molar-refractivity contribution in [3.63, 3.8) is 0 Å². The van der Waals surface area contributed by atoms with Crippen molar-refractivity contribution in [2.45, 2.75) is 46.6 Å².